The fourth-order valence-corrected chi connectivity index (χ4v) is 3.12. The molecular weight excluding hydrogens is 326 g/mol. The van der Waals surface area contributed by atoms with Gasteiger partial charge < -0.3 is 14.8 Å². The summed E-state index contributed by atoms with van der Waals surface area (Å²) in [6.45, 7) is 0.224. The molecule has 24 heavy (non-hydrogen) atoms. The van der Waals surface area contributed by atoms with E-state index >= 15 is 0 Å². The second-order valence-electron chi connectivity index (χ2n) is 5.19. The molecule has 1 N–H and O–H groups in total. The van der Waals surface area contributed by atoms with Gasteiger partial charge in [0.15, 0.2) is 16.6 Å². The van der Waals surface area contributed by atoms with Crippen LogP contribution >= 0.6 is 11.3 Å². The van der Waals surface area contributed by atoms with Crippen LogP contribution in [0.25, 0.3) is 11.3 Å². The number of thiazole rings is 1. The highest BCUT2D eigenvalue weighted by molar-refractivity contribution is 7.14. The van der Waals surface area contributed by atoms with E-state index in [0.717, 1.165) is 16.8 Å². The van der Waals surface area contributed by atoms with Gasteiger partial charge in [0.1, 0.15) is 0 Å². The van der Waals surface area contributed by atoms with Gasteiger partial charge in [-0.2, -0.15) is 0 Å². The summed E-state index contributed by atoms with van der Waals surface area (Å²) in [6, 6.07) is 9.26. The molecule has 120 valence electrons. The van der Waals surface area contributed by atoms with Crippen molar-refractivity contribution in [2.75, 3.05) is 12.1 Å². The maximum absolute atomic E-state index is 12.2. The molecule has 0 unspecified atom stereocenters. The standard InChI is InChI=1S/C17H13N3O3S/c21-16(8-11-1-2-14-15(7-11)23-10-22-14)20-17-19-13(9-24-17)12-3-5-18-6-4-12/h1-7,9H,8,10H2,(H,19,20,21). The largest absolute Gasteiger partial charge is 0.454 e. The maximum Gasteiger partial charge on any atom is 0.231 e. The van der Waals surface area contributed by atoms with Crippen molar-refractivity contribution in [3.8, 4) is 22.8 Å². The molecule has 1 aliphatic heterocycles. The number of carbonyl (C=O) groups excluding carboxylic acids is 1. The lowest BCUT2D eigenvalue weighted by atomic mass is 10.1. The number of nitrogens with one attached hydrogen (secondary N) is 1. The number of amides is 1. The van der Waals surface area contributed by atoms with E-state index in [0.29, 0.717) is 16.6 Å². The van der Waals surface area contributed by atoms with Crippen molar-refractivity contribution >= 4 is 22.4 Å². The average molecular weight is 339 g/mol. The molecule has 2 aromatic heterocycles. The predicted molar refractivity (Wildman–Crippen MR) is 90.2 cm³/mol. The molecule has 4 rings (SSSR count). The lowest BCUT2D eigenvalue weighted by Crippen LogP contribution is -2.14. The number of rotatable bonds is 4. The number of nitrogens with zero attached hydrogens (tertiary/aromatic N) is 2. The van der Waals surface area contributed by atoms with Crippen LogP contribution in [0.1, 0.15) is 5.56 Å². The minimum absolute atomic E-state index is 0.121. The highest BCUT2D eigenvalue weighted by Crippen LogP contribution is 2.32. The Morgan fingerprint density at radius 3 is 2.88 bits per heavy atom. The van der Waals surface area contributed by atoms with Crippen molar-refractivity contribution in [3.05, 3.63) is 53.7 Å². The van der Waals surface area contributed by atoms with Gasteiger partial charge in [0.2, 0.25) is 12.7 Å². The van der Waals surface area contributed by atoms with Crippen molar-refractivity contribution in [3.63, 3.8) is 0 Å². The van der Waals surface area contributed by atoms with Crippen LogP contribution in [0.4, 0.5) is 5.13 Å². The van der Waals surface area contributed by atoms with E-state index in [9.17, 15) is 4.79 Å². The Kier molecular flexibility index (Phi) is 3.84. The lowest BCUT2D eigenvalue weighted by Gasteiger charge is -2.03. The number of aromatic nitrogens is 2. The zero-order chi connectivity index (χ0) is 16.4. The van der Waals surface area contributed by atoms with E-state index in [1.165, 1.54) is 11.3 Å². The molecule has 3 aromatic rings. The van der Waals surface area contributed by atoms with Crippen LogP contribution in [0.2, 0.25) is 0 Å². The predicted octanol–water partition coefficient (Wildman–Crippen LogP) is 3.12. The lowest BCUT2D eigenvalue weighted by molar-refractivity contribution is -0.115. The molecule has 0 saturated heterocycles. The second-order valence-corrected chi connectivity index (χ2v) is 6.04. The monoisotopic (exact) mass is 339 g/mol. The molecule has 3 heterocycles. The third-order valence-electron chi connectivity index (χ3n) is 3.53. The highest BCUT2D eigenvalue weighted by atomic mass is 32.1. The Morgan fingerprint density at radius 2 is 2.00 bits per heavy atom. The molecule has 0 spiro atoms. The fraction of sp³-hybridized carbons (Fsp3) is 0.118. The topological polar surface area (TPSA) is 73.3 Å². The van der Waals surface area contributed by atoms with Gasteiger partial charge >= 0.3 is 0 Å². The number of anilines is 1. The van der Waals surface area contributed by atoms with Gasteiger partial charge in [0.05, 0.1) is 12.1 Å². The quantitative estimate of drug-likeness (QED) is 0.790. The summed E-state index contributed by atoms with van der Waals surface area (Å²) in [5.41, 5.74) is 2.65. The van der Waals surface area contributed by atoms with E-state index in [-0.39, 0.29) is 19.1 Å². The van der Waals surface area contributed by atoms with Crippen LogP contribution in [0.5, 0.6) is 11.5 Å². The molecule has 6 nitrogen and oxygen atoms in total. The number of hydrogen-bond donors (Lipinski definition) is 1. The first-order chi connectivity index (χ1) is 11.8. The van der Waals surface area contributed by atoms with Crippen molar-refractivity contribution < 1.29 is 14.3 Å². The Balaban J connectivity index is 1.42. The molecule has 0 fully saturated rings. The van der Waals surface area contributed by atoms with Gasteiger partial charge in [-0.05, 0) is 29.8 Å². The van der Waals surface area contributed by atoms with E-state index in [1.807, 2.05) is 35.7 Å². The Hall–Kier alpha value is -2.93. The van der Waals surface area contributed by atoms with Gasteiger partial charge in [-0.1, -0.05) is 6.07 Å². The molecule has 0 atom stereocenters. The van der Waals surface area contributed by atoms with Crippen molar-refractivity contribution in [2.24, 2.45) is 0 Å². The van der Waals surface area contributed by atoms with Gasteiger partial charge in [-0.3, -0.25) is 9.78 Å². The van der Waals surface area contributed by atoms with Gasteiger partial charge in [0.25, 0.3) is 0 Å². The van der Waals surface area contributed by atoms with Gasteiger partial charge in [-0.25, -0.2) is 4.98 Å². The van der Waals surface area contributed by atoms with E-state index in [2.05, 4.69) is 15.3 Å². The maximum atomic E-state index is 12.2. The van der Waals surface area contributed by atoms with Crippen LogP contribution in [0, 0.1) is 0 Å². The number of benzene rings is 1. The van der Waals surface area contributed by atoms with Crippen molar-refractivity contribution in [2.45, 2.75) is 6.42 Å². The zero-order valence-electron chi connectivity index (χ0n) is 12.6. The van der Waals surface area contributed by atoms with Crippen molar-refractivity contribution in [1.82, 2.24) is 9.97 Å². The molecule has 1 aromatic carbocycles. The normalized spacial score (nSPS) is 12.2. The smallest absolute Gasteiger partial charge is 0.231 e. The number of carbonyl (C=O) groups is 1. The summed E-state index contributed by atoms with van der Waals surface area (Å²) in [5.74, 6) is 1.26. The van der Waals surface area contributed by atoms with Crippen LogP contribution in [-0.4, -0.2) is 22.7 Å². The Labute approximate surface area is 142 Å². The third kappa shape index (κ3) is 3.07. The summed E-state index contributed by atoms with van der Waals surface area (Å²) < 4.78 is 10.6. The first kappa shape index (κ1) is 14.6. The number of fused-ring (bicyclic) bond motifs is 1. The molecule has 1 aliphatic rings. The minimum atomic E-state index is -0.121. The summed E-state index contributed by atoms with van der Waals surface area (Å²) in [6.07, 6.45) is 3.68. The second kappa shape index (κ2) is 6.29. The van der Waals surface area contributed by atoms with Gasteiger partial charge in [0, 0.05) is 23.3 Å². The molecule has 7 heteroatoms. The van der Waals surface area contributed by atoms with E-state index in [4.69, 9.17) is 9.47 Å². The third-order valence-corrected chi connectivity index (χ3v) is 4.29. The molecule has 0 saturated carbocycles. The average Bonchev–Trinajstić information content (AvgIpc) is 3.24. The number of ether oxygens (including phenoxy) is 2. The molecular formula is C17H13N3O3S. The van der Waals surface area contributed by atoms with Crippen molar-refractivity contribution in [1.29, 1.82) is 0 Å². The summed E-state index contributed by atoms with van der Waals surface area (Å²) >= 11 is 1.40. The van der Waals surface area contributed by atoms with E-state index in [1.54, 1.807) is 12.4 Å². The Morgan fingerprint density at radius 1 is 1.17 bits per heavy atom. The fourth-order valence-electron chi connectivity index (χ4n) is 2.39. The Bertz CT molecular complexity index is 880. The summed E-state index contributed by atoms with van der Waals surface area (Å²) in [4.78, 5) is 20.6. The van der Waals surface area contributed by atoms with Crippen LogP contribution < -0.4 is 14.8 Å². The molecule has 0 bridgehead atoms. The first-order valence-corrected chi connectivity index (χ1v) is 8.20. The molecule has 0 radical (unpaired) electrons. The highest BCUT2D eigenvalue weighted by Gasteiger charge is 2.15. The number of hydrogen-bond acceptors (Lipinski definition) is 6. The zero-order valence-corrected chi connectivity index (χ0v) is 13.4. The number of pyridine rings is 1. The van der Waals surface area contributed by atoms with Gasteiger partial charge in [-0.15, -0.1) is 11.3 Å². The summed E-state index contributed by atoms with van der Waals surface area (Å²) in [7, 11) is 0. The first-order valence-electron chi connectivity index (χ1n) is 7.32. The SMILES string of the molecule is O=C(Cc1ccc2c(c1)OCO2)Nc1nc(-c2ccncc2)cs1. The minimum Gasteiger partial charge on any atom is -0.454 e. The molecule has 1 amide bonds. The summed E-state index contributed by atoms with van der Waals surface area (Å²) in [5, 5.41) is 5.31. The van der Waals surface area contributed by atoms with Crippen LogP contribution in [0.3, 0.4) is 0 Å². The van der Waals surface area contributed by atoms with Crippen LogP contribution in [0.15, 0.2) is 48.1 Å². The molecule has 0 aliphatic carbocycles. The van der Waals surface area contributed by atoms with E-state index < -0.39 is 0 Å². The van der Waals surface area contributed by atoms with Crippen LogP contribution in [-0.2, 0) is 11.2 Å².